The van der Waals surface area contributed by atoms with Crippen molar-refractivity contribution in [3.8, 4) is 0 Å². The summed E-state index contributed by atoms with van der Waals surface area (Å²) in [5.74, 6) is 1.70. The van der Waals surface area contributed by atoms with E-state index >= 15 is 0 Å². The smallest absolute Gasteiger partial charge is 0.160 e. The predicted octanol–water partition coefficient (Wildman–Crippen LogP) is 2.30. The van der Waals surface area contributed by atoms with E-state index in [0.717, 1.165) is 30.9 Å². The molecular weight excluding hydrogens is 224 g/mol. The second-order valence-electron chi connectivity index (χ2n) is 5.01. The Bertz CT molecular complexity index is 489. The number of hydrogen-bond acceptors (Lipinski definition) is 3. The molecule has 2 aromatic heterocycles. The largest absolute Gasteiger partial charge is 0.313 e. The van der Waals surface area contributed by atoms with Gasteiger partial charge < -0.3 is 5.32 Å². The topological polar surface area (TPSA) is 42.2 Å². The van der Waals surface area contributed by atoms with Crippen molar-refractivity contribution in [2.24, 2.45) is 5.92 Å². The quantitative estimate of drug-likeness (QED) is 0.850. The van der Waals surface area contributed by atoms with Crippen LogP contribution in [0, 0.1) is 5.92 Å². The van der Waals surface area contributed by atoms with Crippen molar-refractivity contribution >= 4 is 5.65 Å². The third-order valence-corrected chi connectivity index (χ3v) is 3.38. The van der Waals surface area contributed by atoms with E-state index in [4.69, 9.17) is 0 Å². The van der Waals surface area contributed by atoms with Crippen LogP contribution in [0.5, 0.6) is 0 Å². The zero-order valence-corrected chi connectivity index (χ0v) is 11.4. The molecule has 2 aromatic rings. The highest BCUT2D eigenvalue weighted by Gasteiger charge is 2.10. The number of pyridine rings is 1. The van der Waals surface area contributed by atoms with Crippen LogP contribution in [0.15, 0.2) is 24.4 Å². The maximum atomic E-state index is 4.24. The van der Waals surface area contributed by atoms with Gasteiger partial charge in [0, 0.05) is 25.2 Å². The molecule has 98 valence electrons. The molecule has 4 nitrogen and oxygen atoms in total. The van der Waals surface area contributed by atoms with E-state index in [2.05, 4.69) is 40.7 Å². The Balaban J connectivity index is 1.94. The fourth-order valence-electron chi connectivity index (χ4n) is 2.28. The highest BCUT2D eigenvalue weighted by Crippen LogP contribution is 2.06. The Morgan fingerprint density at radius 3 is 2.83 bits per heavy atom. The first-order valence-corrected chi connectivity index (χ1v) is 6.74. The predicted molar refractivity (Wildman–Crippen MR) is 73.6 cm³/mol. The Kier molecular flexibility index (Phi) is 4.31. The van der Waals surface area contributed by atoms with Gasteiger partial charge in [-0.05, 0) is 24.5 Å². The normalized spacial score (nSPS) is 13.3. The fraction of sp³-hybridized carbons (Fsp3) is 0.571. The van der Waals surface area contributed by atoms with Gasteiger partial charge in [0.25, 0.3) is 0 Å². The summed E-state index contributed by atoms with van der Waals surface area (Å²) in [5, 5.41) is 12.0. The van der Waals surface area contributed by atoms with Gasteiger partial charge in [-0.2, -0.15) is 0 Å². The van der Waals surface area contributed by atoms with Crippen LogP contribution in [0.3, 0.4) is 0 Å². The van der Waals surface area contributed by atoms with Crippen molar-refractivity contribution in [3.05, 3.63) is 30.2 Å². The first kappa shape index (κ1) is 13.0. The fourth-order valence-corrected chi connectivity index (χ4v) is 2.28. The van der Waals surface area contributed by atoms with Gasteiger partial charge in [-0.1, -0.05) is 26.8 Å². The lowest BCUT2D eigenvalue weighted by Crippen LogP contribution is -2.34. The highest BCUT2D eigenvalue weighted by molar-refractivity contribution is 5.36. The monoisotopic (exact) mass is 246 g/mol. The van der Waals surface area contributed by atoms with Gasteiger partial charge in [-0.15, -0.1) is 10.2 Å². The first-order chi connectivity index (χ1) is 8.72. The highest BCUT2D eigenvalue weighted by atomic mass is 15.2. The van der Waals surface area contributed by atoms with Crippen molar-refractivity contribution < 1.29 is 0 Å². The van der Waals surface area contributed by atoms with Crippen molar-refractivity contribution in [2.45, 2.75) is 39.7 Å². The Morgan fingerprint density at radius 1 is 1.28 bits per heavy atom. The van der Waals surface area contributed by atoms with Crippen LogP contribution in [-0.4, -0.2) is 27.2 Å². The molecule has 0 aliphatic rings. The number of nitrogens with one attached hydrogen (secondary N) is 1. The maximum absolute atomic E-state index is 4.24. The summed E-state index contributed by atoms with van der Waals surface area (Å²) in [7, 11) is 0. The summed E-state index contributed by atoms with van der Waals surface area (Å²) < 4.78 is 2.05. The van der Waals surface area contributed by atoms with E-state index in [1.54, 1.807) is 0 Å². The molecule has 0 aliphatic heterocycles. The summed E-state index contributed by atoms with van der Waals surface area (Å²) in [5.41, 5.74) is 0.920. The van der Waals surface area contributed by atoms with Crippen molar-refractivity contribution in [1.29, 1.82) is 0 Å². The molecule has 0 saturated carbocycles. The molecule has 2 rings (SSSR count). The third-order valence-electron chi connectivity index (χ3n) is 3.38. The average molecular weight is 246 g/mol. The van der Waals surface area contributed by atoms with Crippen LogP contribution >= 0.6 is 0 Å². The molecule has 0 bridgehead atoms. The van der Waals surface area contributed by atoms with Crippen molar-refractivity contribution in [2.75, 3.05) is 6.54 Å². The summed E-state index contributed by atoms with van der Waals surface area (Å²) in [6.07, 6.45) is 4.09. The lowest BCUT2D eigenvalue weighted by Gasteiger charge is -2.20. The summed E-state index contributed by atoms with van der Waals surface area (Å²) in [6, 6.07) is 6.56. The Hall–Kier alpha value is -1.42. The van der Waals surface area contributed by atoms with E-state index in [0.29, 0.717) is 12.0 Å². The molecule has 0 spiro atoms. The van der Waals surface area contributed by atoms with E-state index < -0.39 is 0 Å². The van der Waals surface area contributed by atoms with Crippen LogP contribution in [0.25, 0.3) is 5.65 Å². The zero-order valence-electron chi connectivity index (χ0n) is 11.4. The van der Waals surface area contributed by atoms with Crippen LogP contribution in [0.4, 0.5) is 0 Å². The van der Waals surface area contributed by atoms with Crippen LogP contribution in [0.2, 0.25) is 0 Å². The molecular formula is C14H22N4. The molecule has 18 heavy (non-hydrogen) atoms. The summed E-state index contributed by atoms with van der Waals surface area (Å²) in [4.78, 5) is 0. The SMILES string of the molecule is CCC(NCCc1nnc2ccccn12)C(C)C. The van der Waals surface area contributed by atoms with Gasteiger partial charge in [-0.3, -0.25) is 4.40 Å². The Morgan fingerprint density at radius 2 is 2.11 bits per heavy atom. The summed E-state index contributed by atoms with van der Waals surface area (Å²) in [6.45, 7) is 7.69. The second kappa shape index (κ2) is 5.96. The number of hydrogen-bond donors (Lipinski definition) is 1. The molecule has 0 saturated heterocycles. The minimum Gasteiger partial charge on any atom is -0.313 e. The van der Waals surface area contributed by atoms with Crippen molar-refractivity contribution in [1.82, 2.24) is 19.9 Å². The van der Waals surface area contributed by atoms with E-state index in [1.807, 2.05) is 24.4 Å². The van der Waals surface area contributed by atoms with Crippen LogP contribution in [-0.2, 0) is 6.42 Å². The molecule has 2 heterocycles. The minimum absolute atomic E-state index is 0.587. The second-order valence-corrected chi connectivity index (χ2v) is 5.01. The molecule has 0 aromatic carbocycles. The Labute approximate surface area is 108 Å². The number of nitrogens with zero attached hydrogens (tertiary/aromatic N) is 3. The molecule has 0 aliphatic carbocycles. The van der Waals surface area contributed by atoms with Gasteiger partial charge in [0.15, 0.2) is 5.65 Å². The van der Waals surface area contributed by atoms with Gasteiger partial charge in [0.1, 0.15) is 5.82 Å². The third kappa shape index (κ3) is 2.88. The van der Waals surface area contributed by atoms with Crippen LogP contribution in [0.1, 0.15) is 33.0 Å². The molecule has 0 amide bonds. The zero-order chi connectivity index (χ0) is 13.0. The molecule has 1 N–H and O–H groups in total. The van der Waals surface area contributed by atoms with Crippen molar-refractivity contribution in [3.63, 3.8) is 0 Å². The standard InChI is InChI=1S/C14H22N4/c1-4-12(11(2)3)15-9-8-14-17-16-13-7-5-6-10-18(13)14/h5-7,10-12,15H,4,8-9H2,1-3H3. The maximum Gasteiger partial charge on any atom is 0.160 e. The summed E-state index contributed by atoms with van der Waals surface area (Å²) >= 11 is 0. The van der Waals surface area contributed by atoms with E-state index in [-0.39, 0.29) is 0 Å². The molecule has 1 unspecified atom stereocenters. The van der Waals surface area contributed by atoms with Crippen LogP contribution < -0.4 is 5.32 Å². The molecule has 0 radical (unpaired) electrons. The molecule has 0 fully saturated rings. The number of fused-ring (bicyclic) bond motifs is 1. The molecule has 4 heteroatoms. The van der Waals surface area contributed by atoms with Gasteiger partial charge in [0.2, 0.25) is 0 Å². The van der Waals surface area contributed by atoms with Gasteiger partial charge in [-0.25, -0.2) is 0 Å². The minimum atomic E-state index is 0.587. The average Bonchev–Trinajstić information content (AvgIpc) is 2.78. The lowest BCUT2D eigenvalue weighted by molar-refractivity contribution is 0.390. The first-order valence-electron chi connectivity index (χ1n) is 6.74. The van der Waals surface area contributed by atoms with E-state index in [9.17, 15) is 0 Å². The molecule has 1 atom stereocenters. The number of aromatic nitrogens is 3. The van der Waals surface area contributed by atoms with Gasteiger partial charge >= 0.3 is 0 Å². The lowest BCUT2D eigenvalue weighted by atomic mass is 10.0. The van der Waals surface area contributed by atoms with Gasteiger partial charge in [0.05, 0.1) is 0 Å². The number of rotatable bonds is 6. The van der Waals surface area contributed by atoms with E-state index in [1.165, 1.54) is 0 Å².